The zero-order chi connectivity index (χ0) is 16.1. The number of fused-ring (bicyclic) bond motifs is 1. The summed E-state index contributed by atoms with van der Waals surface area (Å²) in [7, 11) is 0. The second kappa shape index (κ2) is 7.75. The molecular weight excluding hydrogens is 276 g/mol. The van der Waals surface area contributed by atoms with Crippen LogP contribution in [0.5, 0.6) is 0 Å². The minimum Gasteiger partial charge on any atom is -0.392 e. The van der Waals surface area contributed by atoms with Gasteiger partial charge >= 0.3 is 0 Å². The van der Waals surface area contributed by atoms with Crippen LogP contribution in [0.4, 0.5) is 0 Å². The van der Waals surface area contributed by atoms with Gasteiger partial charge in [-0.3, -0.25) is 4.79 Å². The summed E-state index contributed by atoms with van der Waals surface area (Å²) in [5.74, 6) is 0.558. The lowest BCUT2D eigenvalue weighted by Crippen LogP contribution is -2.46. The molecule has 1 heterocycles. The number of nitrogens with one attached hydrogen (secondary N) is 1. The van der Waals surface area contributed by atoms with Crippen LogP contribution in [-0.2, 0) is 11.2 Å². The molecule has 0 aliphatic carbocycles. The molecule has 22 heavy (non-hydrogen) atoms. The topological polar surface area (TPSA) is 52.6 Å². The van der Waals surface area contributed by atoms with E-state index in [1.807, 2.05) is 4.90 Å². The Morgan fingerprint density at radius 1 is 1.41 bits per heavy atom. The van der Waals surface area contributed by atoms with Crippen molar-refractivity contribution in [3.05, 3.63) is 35.4 Å². The van der Waals surface area contributed by atoms with Crippen LogP contribution < -0.4 is 5.32 Å². The molecule has 4 nitrogen and oxygen atoms in total. The summed E-state index contributed by atoms with van der Waals surface area (Å²) in [5.41, 5.74) is 2.67. The highest BCUT2D eigenvalue weighted by molar-refractivity contribution is 5.79. The molecule has 1 aromatic rings. The quantitative estimate of drug-likeness (QED) is 0.846. The molecule has 0 bridgehead atoms. The highest BCUT2D eigenvalue weighted by Gasteiger charge is 2.33. The summed E-state index contributed by atoms with van der Waals surface area (Å²) in [6, 6.07) is 8.64. The van der Waals surface area contributed by atoms with Gasteiger partial charge in [0.1, 0.15) is 0 Å². The molecule has 0 radical (unpaired) electrons. The standard InChI is InChI=1S/C18H28N2O2/c1-4-13(2)18-16-8-6-5-7-15(16)9-10-20(18)17(22)12-19-11-14(3)21/h5-8,13-14,18-19,21H,4,9-12H2,1-3H3/t13?,14-,18?/m1/s1. The maximum Gasteiger partial charge on any atom is 0.237 e. The predicted octanol–water partition coefficient (Wildman–Crippen LogP) is 2.13. The summed E-state index contributed by atoms with van der Waals surface area (Å²) in [6.07, 6.45) is 1.54. The second-order valence-electron chi connectivity index (χ2n) is 6.35. The van der Waals surface area contributed by atoms with Crippen LogP contribution in [0.3, 0.4) is 0 Å². The number of amides is 1. The molecule has 122 valence electrons. The van der Waals surface area contributed by atoms with Crippen LogP contribution in [0.1, 0.15) is 44.4 Å². The monoisotopic (exact) mass is 304 g/mol. The van der Waals surface area contributed by atoms with Crippen molar-refractivity contribution >= 4 is 5.91 Å². The van der Waals surface area contributed by atoms with E-state index in [4.69, 9.17) is 0 Å². The Morgan fingerprint density at radius 2 is 2.14 bits per heavy atom. The third kappa shape index (κ3) is 3.87. The van der Waals surface area contributed by atoms with Crippen LogP contribution in [0.15, 0.2) is 24.3 Å². The average Bonchev–Trinajstić information content (AvgIpc) is 2.52. The van der Waals surface area contributed by atoms with Crippen LogP contribution in [0, 0.1) is 5.92 Å². The molecule has 2 N–H and O–H groups in total. The lowest BCUT2D eigenvalue weighted by atomic mass is 9.84. The van der Waals surface area contributed by atoms with Gasteiger partial charge in [0.2, 0.25) is 5.91 Å². The first-order chi connectivity index (χ1) is 10.5. The molecule has 0 saturated carbocycles. The fraction of sp³-hybridized carbons (Fsp3) is 0.611. The molecule has 0 spiro atoms. The van der Waals surface area contributed by atoms with Crippen LogP contribution in [0.25, 0.3) is 0 Å². The molecule has 2 rings (SSSR count). The second-order valence-corrected chi connectivity index (χ2v) is 6.35. The van der Waals surface area contributed by atoms with Gasteiger partial charge in [-0.1, -0.05) is 44.5 Å². The molecule has 0 saturated heterocycles. The smallest absolute Gasteiger partial charge is 0.237 e. The fourth-order valence-electron chi connectivity index (χ4n) is 3.20. The van der Waals surface area contributed by atoms with Gasteiger partial charge in [0.15, 0.2) is 0 Å². The number of nitrogens with zero attached hydrogens (tertiary/aromatic N) is 1. The molecule has 1 aliphatic rings. The SMILES string of the molecule is CCC(C)C1c2ccccc2CCN1C(=O)CNC[C@@H](C)O. The molecular formula is C18H28N2O2. The maximum absolute atomic E-state index is 12.6. The van der Waals surface area contributed by atoms with Crippen molar-refractivity contribution < 1.29 is 9.90 Å². The Balaban J connectivity index is 2.15. The van der Waals surface area contributed by atoms with E-state index in [2.05, 4.69) is 43.4 Å². The zero-order valence-electron chi connectivity index (χ0n) is 13.9. The third-order valence-electron chi connectivity index (χ3n) is 4.55. The van der Waals surface area contributed by atoms with E-state index in [-0.39, 0.29) is 11.9 Å². The van der Waals surface area contributed by atoms with Crippen molar-refractivity contribution in [2.24, 2.45) is 5.92 Å². The van der Waals surface area contributed by atoms with Gasteiger partial charge in [-0.2, -0.15) is 0 Å². The van der Waals surface area contributed by atoms with E-state index in [9.17, 15) is 9.90 Å². The third-order valence-corrected chi connectivity index (χ3v) is 4.55. The van der Waals surface area contributed by atoms with Crippen LogP contribution >= 0.6 is 0 Å². The predicted molar refractivity (Wildman–Crippen MR) is 88.6 cm³/mol. The van der Waals surface area contributed by atoms with Gasteiger partial charge in [0, 0.05) is 13.1 Å². The van der Waals surface area contributed by atoms with Crippen molar-refractivity contribution in [2.75, 3.05) is 19.6 Å². The van der Waals surface area contributed by atoms with E-state index < -0.39 is 6.10 Å². The van der Waals surface area contributed by atoms with Crippen LogP contribution in [0.2, 0.25) is 0 Å². The van der Waals surface area contributed by atoms with E-state index >= 15 is 0 Å². The molecule has 2 unspecified atom stereocenters. The van der Waals surface area contributed by atoms with Gasteiger partial charge in [0.25, 0.3) is 0 Å². The van der Waals surface area contributed by atoms with Gasteiger partial charge in [-0.15, -0.1) is 0 Å². The van der Waals surface area contributed by atoms with Crippen molar-refractivity contribution in [1.29, 1.82) is 0 Å². The molecule has 1 aliphatic heterocycles. The Labute approximate surface area is 133 Å². The fourth-order valence-corrected chi connectivity index (χ4v) is 3.20. The molecule has 4 heteroatoms. The summed E-state index contributed by atoms with van der Waals surface area (Å²) in [5, 5.41) is 12.3. The number of carbonyl (C=O) groups excluding carboxylic acids is 1. The number of carbonyl (C=O) groups is 1. The average molecular weight is 304 g/mol. The lowest BCUT2D eigenvalue weighted by molar-refractivity contribution is -0.134. The summed E-state index contributed by atoms with van der Waals surface area (Å²) >= 11 is 0. The molecule has 0 fully saturated rings. The van der Waals surface area contributed by atoms with Gasteiger partial charge in [0.05, 0.1) is 18.7 Å². The highest BCUT2D eigenvalue weighted by atomic mass is 16.3. The Hall–Kier alpha value is -1.39. The Bertz CT molecular complexity index is 502. The van der Waals surface area contributed by atoms with Crippen molar-refractivity contribution in [1.82, 2.24) is 10.2 Å². The summed E-state index contributed by atoms with van der Waals surface area (Å²) < 4.78 is 0. The van der Waals surface area contributed by atoms with Gasteiger partial charge < -0.3 is 15.3 Å². The van der Waals surface area contributed by atoms with Gasteiger partial charge in [-0.25, -0.2) is 0 Å². The highest BCUT2D eigenvalue weighted by Crippen LogP contribution is 2.36. The minimum absolute atomic E-state index is 0.125. The van der Waals surface area contributed by atoms with Crippen molar-refractivity contribution in [3.8, 4) is 0 Å². The molecule has 3 atom stereocenters. The first-order valence-electron chi connectivity index (χ1n) is 8.30. The first-order valence-corrected chi connectivity index (χ1v) is 8.30. The zero-order valence-corrected chi connectivity index (χ0v) is 13.9. The van der Waals surface area contributed by atoms with Crippen molar-refractivity contribution in [3.63, 3.8) is 0 Å². The number of aliphatic hydroxyl groups excluding tert-OH is 1. The van der Waals surface area contributed by atoms with Gasteiger partial charge in [-0.05, 0) is 30.4 Å². The summed E-state index contributed by atoms with van der Waals surface area (Å²) in [4.78, 5) is 14.6. The van der Waals surface area contributed by atoms with E-state index in [1.54, 1.807) is 6.92 Å². The van der Waals surface area contributed by atoms with Crippen molar-refractivity contribution in [2.45, 2.75) is 45.8 Å². The van der Waals surface area contributed by atoms with E-state index in [1.165, 1.54) is 11.1 Å². The number of aliphatic hydroxyl groups is 1. The Morgan fingerprint density at radius 3 is 2.82 bits per heavy atom. The minimum atomic E-state index is -0.430. The summed E-state index contributed by atoms with van der Waals surface area (Å²) in [6.45, 7) is 7.63. The number of hydrogen-bond acceptors (Lipinski definition) is 3. The number of rotatable bonds is 6. The molecule has 0 aromatic heterocycles. The number of hydrogen-bond donors (Lipinski definition) is 2. The largest absolute Gasteiger partial charge is 0.392 e. The van der Waals surface area contributed by atoms with Crippen LogP contribution in [-0.4, -0.2) is 41.7 Å². The first kappa shape index (κ1) is 17.0. The molecule has 1 amide bonds. The lowest BCUT2D eigenvalue weighted by Gasteiger charge is -2.40. The number of benzene rings is 1. The molecule has 1 aromatic carbocycles. The van der Waals surface area contributed by atoms with E-state index in [0.29, 0.717) is 19.0 Å². The Kier molecular flexibility index (Phi) is 5.98. The van der Waals surface area contributed by atoms with E-state index in [0.717, 1.165) is 19.4 Å². The normalized spacial score (nSPS) is 20.4. The maximum atomic E-state index is 12.6.